The molecule has 3 heterocycles. The number of benzene rings is 2. The molecule has 2 aromatic carbocycles. The van der Waals surface area contributed by atoms with E-state index >= 15 is 0 Å². The van der Waals surface area contributed by atoms with E-state index in [-0.39, 0.29) is 21.6 Å². The second kappa shape index (κ2) is 10.6. The summed E-state index contributed by atoms with van der Waals surface area (Å²) in [6.07, 6.45) is 1.54. The Morgan fingerprint density at radius 2 is 1.95 bits per heavy atom. The lowest BCUT2D eigenvalue weighted by atomic mass is 9.95. The van der Waals surface area contributed by atoms with Crippen LogP contribution in [0.5, 0.6) is 5.75 Å². The van der Waals surface area contributed by atoms with Gasteiger partial charge in [-0.1, -0.05) is 29.0 Å². The predicted octanol–water partition coefficient (Wildman–Crippen LogP) is 4.55. The molecule has 0 bridgehead atoms. The third-order valence-corrected chi connectivity index (χ3v) is 7.65. The van der Waals surface area contributed by atoms with E-state index in [1.807, 2.05) is 0 Å². The van der Waals surface area contributed by atoms with Gasteiger partial charge >= 0.3 is 5.97 Å². The highest BCUT2D eigenvalue weighted by molar-refractivity contribution is 7.07. The zero-order valence-electron chi connectivity index (χ0n) is 21.8. The molecule has 0 saturated heterocycles. The average molecular weight is 580 g/mol. The number of thiazole rings is 1. The molecule has 0 saturated carbocycles. The Labute approximate surface area is 236 Å². The van der Waals surface area contributed by atoms with E-state index in [4.69, 9.17) is 25.5 Å². The molecule has 0 unspecified atom stereocenters. The number of esters is 1. The van der Waals surface area contributed by atoms with E-state index < -0.39 is 22.5 Å². The molecule has 0 N–H and O–H groups in total. The fourth-order valence-electron chi connectivity index (χ4n) is 4.61. The summed E-state index contributed by atoms with van der Waals surface area (Å²) in [6, 6.07) is 12.1. The van der Waals surface area contributed by atoms with E-state index in [1.165, 1.54) is 30.9 Å². The average Bonchev–Trinajstić information content (AvgIpc) is 3.51. The Morgan fingerprint density at radius 1 is 1.18 bits per heavy atom. The van der Waals surface area contributed by atoms with Crippen LogP contribution in [-0.4, -0.2) is 29.7 Å². The standard InChI is InChI=1S/C28H22ClN3O7S/c1-14-5-8-18(20(11-14)32(35)36)22-10-7-17(39-22)13-23-26(33)31-25(19-12-16(29)6-9-21(19)37-3)24(27(34)38-4)15(2)30-28(31)40-23/h5-13,25H,1-4H3/b23-13-/t25-/m0/s1. The number of aromatic nitrogens is 1. The van der Waals surface area contributed by atoms with Gasteiger partial charge < -0.3 is 13.9 Å². The number of aryl methyl sites for hydroxylation is 1. The monoisotopic (exact) mass is 579 g/mol. The Bertz CT molecular complexity index is 1900. The maximum Gasteiger partial charge on any atom is 0.338 e. The lowest BCUT2D eigenvalue weighted by Crippen LogP contribution is -2.40. The van der Waals surface area contributed by atoms with E-state index in [1.54, 1.807) is 56.3 Å². The second-order valence-corrected chi connectivity index (χ2v) is 10.4. The fourth-order valence-corrected chi connectivity index (χ4v) is 5.82. The first-order valence-corrected chi connectivity index (χ1v) is 13.1. The van der Waals surface area contributed by atoms with Crippen LogP contribution in [-0.2, 0) is 9.53 Å². The number of allylic oxidation sites excluding steroid dienone is 1. The zero-order chi connectivity index (χ0) is 28.7. The molecule has 10 nitrogen and oxygen atoms in total. The van der Waals surface area contributed by atoms with Crippen molar-refractivity contribution in [2.45, 2.75) is 19.9 Å². The summed E-state index contributed by atoms with van der Waals surface area (Å²) >= 11 is 7.42. The minimum Gasteiger partial charge on any atom is -0.496 e. The van der Waals surface area contributed by atoms with Crippen molar-refractivity contribution in [1.82, 2.24) is 4.57 Å². The lowest BCUT2D eigenvalue weighted by Gasteiger charge is -2.25. The van der Waals surface area contributed by atoms with E-state index in [0.717, 1.165) is 16.9 Å². The number of nitrogens with zero attached hydrogens (tertiary/aromatic N) is 3. The minimum absolute atomic E-state index is 0.0819. The van der Waals surface area contributed by atoms with Crippen LogP contribution in [0.1, 0.15) is 29.9 Å². The van der Waals surface area contributed by atoms with E-state index in [0.29, 0.717) is 38.2 Å². The summed E-state index contributed by atoms with van der Waals surface area (Å²) < 4.78 is 18.2. The van der Waals surface area contributed by atoms with E-state index in [2.05, 4.69) is 4.99 Å². The second-order valence-electron chi connectivity index (χ2n) is 8.94. The summed E-state index contributed by atoms with van der Waals surface area (Å²) in [4.78, 5) is 42.7. The highest BCUT2D eigenvalue weighted by atomic mass is 35.5. The maximum atomic E-state index is 13.8. The van der Waals surface area contributed by atoms with Crippen LogP contribution in [0.15, 0.2) is 74.0 Å². The van der Waals surface area contributed by atoms with Crippen molar-refractivity contribution in [2.75, 3.05) is 14.2 Å². The number of furan rings is 1. The molecule has 5 rings (SSSR count). The predicted molar refractivity (Wildman–Crippen MR) is 149 cm³/mol. The SMILES string of the molecule is COC(=O)C1=C(C)N=c2s/c(=C\c3ccc(-c4ccc(C)cc4[N+](=O)[O-])o3)c(=O)n2[C@H]1c1cc(Cl)ccc1OC. The first-order chi connectivity index (χ1) is 19.1. The number of carbonyl (C=O) groups excluding carboxylic acids is 1. The van der Waals surface area contributed by atoms with Crippen LogP contribution in [0.4, 0.5) is 5.69 Å². The number of hydrogen-bond acceptors (Lipinski definition) is 9. The number of fused-ring (bicyclic) bond motifs is 1. The number of rotatable bonds is 6. The van der Waals surface area contributed by atoms with Crippen molar-refractivity contribution in [3.63, 3.8) is 0 Å². The molecule has 1 atom stereocenters. The first kappa shape index (κ1) is 27.1. The summed E-state index contributed by atoms with van der Waals surface area (Å²) in [5.41, 5.74) is 1.61. The molecule has 40 heavy (non-hydrogen) atoms. The lowest BCUT2D eigenvalue weighted by molar-refractivity contribution is -0.384. The van der Waals surface area contributed by atoms with Gasteiger partial charge in [0.05, 0.1) is 40.5 Å². The van der Waals surface area contributed by atoms with Gasteiger partial charge in [0.15, 0.2) is 4.80 Å². The van der Waals surface area contributed by atoms with Gasteiger partial charge in [-0.15, -0.1) is 0 Å². The first-order valence-electron chi connectivity index (χ1n) is 11.9. The molecule has 0 amide bonds. The maximum absolute atomic E-state index is 13.8. The van der Waals surface area contributed by atoms with E-state index in [9.17, 15) is 19.7 Å². The van der Waals surface area contributed by atoms with Crippen molar-refractivity contribution < 1.29 is 23.6 Å². The third-order valence-electron chi connectivity index (χ3n) is 6.43. The number of nitro groups is 1. The third kappa shape index (κ3) is 4.74. The van der Waals surface area contributed by atoms with Crippen molar-refractivity contribution in [2.24, 2.45) is 4.99 Å². The van der Waals surface area contributed by atoms with Crippen molar-refractivity contribution in [1.29, 1.82) is 0 Å². The summed E-state index contributed by atoms with van der Waals surface area (Å²) in [7, 11) is 2.74. The molecule has 2 aromatic heterocycles. The molecular formula is C28H22ClN3O7S. The van der Waals surface area contributed by atoms with Crippen molar-refractivity contribution >= 4 is 40.7 Å². The number of methoxy groups -OCH3 is 2. The molecule has 0 radical (unpaired) electrons. The molecule has 0 aliphatic carbocycles. The van der Waals surface area contributed by atoms with Crippen LogP contribution in [0.3, 0.4) is 0 Å². The van der Waals surface area contributed by atoms with Gasteiger partial charge in [-0.2, -0.15) is 0 Å². The van der Waals surface area contributed by atoms with Crippen molar-refractivity contribution in [3.05, 3.63) is 112 Å². The highest BCUT2D eigenvalue weighted by Crippen LogP contribution is 2.37. The number of halogens is 1. The number of ether oxygens (including phenoxy) is 2. The van der Waals surface area contributed by atoms with Crippen LogP contribution < -0.4 is 19.6 Å². The minimum atomic E-state index is -0.915. The molecule has 0 spiro atoms. The van der Waals surface area contributed by atoms with Gasteiger partial charge in [-0.25, -0.2) is 9.79 Å². The molecule has 1 aliphatic rings. The molecular weight excluding hydrogens is 558 g/mol. The molecule has 4 aromatic rings. The highest BCUT2D eigenvalue weighted by Gasteiger charge is 2.35. The molecule has 12 heteroatoms. The normalized spacial score (nSPS) is 15.0. The largest absolute Gasteiger partial charge is 0.496 e. The van der Waals surface area contributed by atoms with Crippen LogP contribution in [0.2, 0.25) is 5.02 Å². The van der Waals surface area contributed by atoms with Crippen LogP contribution >= 0.6 is 22.9 Å². The molecule has 0 fully saturated rings. The Hall–Kier alpha value is -4.48. The smallest absolute Gasteiger partial charge is 0.338 e. The van der Waals surface area contributed by atoms with Crippen LogP contribution in [0, 0.1) is 17.0 Å². The number of nitro benzene ring substituents is 1. The van der Waals surface area contributed by atoms with Crippen LogP contribution in [0.25, 0.3) is 17.4 Å². The Kier molecular flexibility index (Phi) is 7.17. The summed E-state index contributed by atoms with van der Waals surface area (Å²) in [5.74, 6) is 0.389. The number of hydrogen-bond donors (Lipinski definition) is 0. The summed E-state index contributed by atoms with van der Waals surface area (Å²) in [5, 5.41) is 12.0. The molecule has 204 valence electrons. The van der Waals surface area contributed by atoms with Gasteiger partial charge in [0.2, 0.25) is 0 Å². The summed E-state index contributed by atoms with van der Waals surface area (Å²) in [6.45, 7) is 3.43. The van der Waals surface area contributed by atoms with Gasteiger partial charge in [0.1, 0.15) is 23.3 Å². The van der Waals surface area contributed by atoms with Gasteiger partial charge in [0.25, 0.3) is 11.2 Å². The topological polar surface area (TPSA) is 126 Å². The van der Waals surface area contributed by atoms with Gasteiger partial charge in [-0.3, -0.25) is 19.5 Å². The fraction of sp³-hybridized carbons (Fsp3) is 0.179. The molecule has 1 aliphatic heterocycles. The van der Waals surface area contributed by atoms with Gasteiger partial charge in [-0.05, 0) is 55.8 Å². The van der Waals surface area contributed by atoms with Gasteiger partial charge in [0, 0.05) is 22.7 Å². The number of carbonyl (C=O) groups is 1. The van der Waals surface area contributed by atoms with Crippen molar-refractivity contribution in [3.8, 4) is 17.1 Å². The Balaban J connectivity index is 1.68. The Morgan fingerprint density at radius 3 is 2.65 bits per heavy atom. The quantitative estimate of drug-likeness (QED) is 0.186. The zero-order valence-corrected chi connectivity index (χ0v) is 23.3.